The predicted octanol–water partition coefficient (Wildman–Crippen LogP) is 1.19. The molecular weight excluding hydrogens is 204 g/mol. The summed E-state index contributed by atoms with van der Waals surface area (Å²) < 4.78 is 4.95. The van der Waals surface area contributed by atoms with Crippen LogP contribution in [0.3, 0.4) is 0 Å². The van der Waals surface area contributed by atoms with Crippen LogP contribution in [-0.2, 0) is 9.53 Å². The summed E-state index contributed by atoms with van der Waals surface area (Å²) in [4.78, 5) is 11.9. The molecular formula is C12H24N2O2. The lowest BCUT2D eigenvalue weighted by Crippen LogP contribution is -2.55. The van der Waals surface area contributed by atoms with Gasteiger partial charge in [0.2, 0.25) is 5.91 Å². The Balaban J connectivity index is 2.18. The summed E-state index contributed by atoms with van der Waals surface area (Å²) in [5.41, 5.74) is 5.51. The second-order valence-electron chi connectivity index (χ2n) is 4.67. The van der Waals surface area contributed by atoms with Crippen molar-refractivity contribution in [1.82, 2.24) is 5.32 Å². The van der Waals surface area contributed by atoms with Crippen molar-refractivity contribution in [3.63, 3.8) is 0 Å². The van der Waals surface area contributed by atoms with E-state index in [1.165, 1.54) is 6.42 Å². The van der Waals surface area contributed by atoms with Crippen molar-refractivity contribution in [3.8, 4) is 0 Å². The Bertz CT molecular complexity index is 213. The molecule has 0 radical (unpaired) electrons. The fraction of sp³-hybridized carbons (Fsp3) is 0.917. The van der Waals surface area contributed by atoms with Crippen LogP contribution in [0.4, 0.5) is 0 Å². The van der Waals surface area contributed by atoms with Crippen LogP contribution in [0.5, 0.6) is 0 Å². The molecule has 94 valence electrons. The first-order chi connectivity index (χ1) is 7.69. The normalized spacial score (nSPS) is 19.4. The summed E-state index contributed by atoms with van der Waals surface area (Å²) in [6, 6.07) is 0. The van der Waals surface area contributed by atoms with Crippen LogP contribution in [0.15, 0.2) is 0 Å². The highest BCUT2D eigenvalue weighted by Crippen LogP contribution is 2.25. The van der Waals surface area contributed by atoms with Gasteiger partial charge in [-0.15, -0.1) is 0 Å². The SMILES string of the molecule is COCCCCNC(=O)C1(N)CCCCC1. The minimum Gasteiger partial charge on any atom is -0.385 e. The van der Waals surface area contributed by atoms with Crippen LogP contribution in [0.25, 0.3) is 0 Å². The van der Waals surface area contributed by atoms with Crippen molar-refractivity contribution in [2.45, 2.75) is 50.5 Å². The van der Waals surface area contributed by atoms with Crippen LogP contribution < -0.4 is 11.1 Å². The van der Waals surface area contributed by atoms with E-state index in [1.807, 2.05) is 0 Å². The molecule has 0 aromatic heterocycles. The third kappa shape index (κ3) is 4.10. The number of amides is 1. The summed E-state index contributed by atoms with van der Waals surface area (Å²) in [7, 11) is 1.69. The van der Waals surface area contributed by atoms with Gasteiger partial charge in [0.05, 0.1) is 5.54 Å². The van der Waals surface area contributed by atoms with E-state index in [4.69, 9.17) is 10.5 Å². The van der Waals surface area contributed by atoms with Gasteiger partial charge < -0.3 is 15.8 Å². The van der Waals surface area contributed by atoms with Crippen LogP contribution in [0, 0.1) is 0 Å². The zero-order valence-corrected chi connectivity index (χ0v) is 10.3. The molecule has 1 aliphatic carbocycles. The third-order valence-corrected chi connectivity index (χ3v) is 3.26. The van der Waals surface area contributed by atoms with Gasteiger partial charge in [0.15, 0.2) is 0 Å². The number of methoxy groups -OCH3 is 1. The van der Waals surface area contributed by atoms with Crippen LogP contribution in [0.2, 0.25) is 0 Å². The smallest absolute Gasteiger partial charge is 0.240 e. The lowest BCUT2D eigenvalue weighted by atomic mass is 9.82. The molecule has 0 saturated heterocycles. The Morgan fingerprint density at radius 2 is 2.00 bits per heavy atom. The van der Waals surface area contributed by atoms with E-state index in [0.717, 1.165) is 45.1 Å². The van der Waals surface area contributed by atoms with E-state index in [-0.39, 0.29) is 5.91 Å². The second-order valence-corrected chi connectivity index (χ2v) is 4.67. The number of hydrogen-bond donors (Lipinski definition) is 2. The highest BCUT2D eigenvalue weighted by Gasteiger charge is 2.34. The average molecular weight is 228 g/mol. The van der Waals surface area contributed by atoms with Gasteiger partial charge in [-0.1, -0.05) is 19.3 Å². The van der Waals surface area contributed by atoms with Gasteiger partial charge in [-0.25, -0.2) is 0 Å². The molecule has 0 unspecified atom stereocenters. The summed E-state index contributed by atoms with van der Waals surface area (Å²) in [6.07, 6.45) is 6.96. The van der Waals surface area contributed by atoms with Crippen molar-refractivity contribution in [2.24, 2.45) is 5.73 Å². The number of unbranched alkanes of at least 4 members (excludes halogenated alkanes) is 1. The molecule has 0 heterocycles. The van der Waals surface area contributed by atoms with Crippen molar-refractivity contribution >= 4 is 5.91 Å². The quantitative estimate of drug-likeness (QED) is 0.671. The maximum atomic E-state index is 11.9. The summed E-state index contributed by atoms with van der Waals surface area (Å²) >= 11 is 0. The molecule has 0 aromatic carbocycles. The van der Waals surface area contributed by atoms with Crippen molar-refractivity contribution in [1.29, 1.82) is 0 Å². The lowest BCUT2D eigenvalue weighted by Gasteiger charge is -2.31. The molecule has 0 aliphatic heterocycles. The highest BCUT2D eigenvalue weighted by atomic mass is 16.5. The topological polar surface area (TPSA) is 64.3 Å². The van der Waals surface area contributed by atoms with Gasteiger partial charge in [-0.2, -0.15) is 0 Å². The van der Waals surface area contributed by atoms with E-state index >= 15 is 0 Å². The van der Waals surface area contributed by atoms with Gasteiger partial charge >= 0.3 is 0 Å². The molecule has 1 amide bonds. The molecule has 1 saturated carbocycles. The number of carbonyl (C=O) groups excluding carboxylic acids is 1. The number of carbonyl (C=O) groups is 1. The summed E-state index contributed by atoms with van der Waals surface area (Å²) in [5.74, 6) is 0.0321. The minimum atomic E-state index is -0.598. The number of rotatable bonds is 6. The van der Waals surface area contributed by atoms with Gasteiger partial charge in [0.1, 0.15) is 0 Å². The van der Waals surface area contributed by atoms with Crippen LogP contribution in [0.1, 0.15) is 44.9 Å². The molecule has 0 aromatic rings. The number of hydrogen-bond acceptors (Lipinski definition) is 3. The number of nitrogens with two attached hydrogens (primary N) is 1. The molecule has 1 fully saturated rings. The molecule has 0 spiro atoms. The Labute approximate surface area is 97.9 Å². The number of ether oxygens (including phenoxy) is 1. The van der Waals surface area contributed by atoms with Crippen molar-refractivity contribution < 1.29 is 9.53 Å². The third-order valence-electron chi connectivity index (χ3n) is 3.26. The van der Waals surface area contributed by atoms with Crippen molar-refractivity contribution in [2.75, 3.05) is 20.3 Å². The van der Waals surface area contributed by atoms with E-state index in [1.54, 1.807) is 7.11 Å². The fourth-order valence-electron chi connectivity index (χ4n) is 2.16. The van der Waals surface area contributed by atoms with Gasteiger partial charge in [0.25, 0.3) is 0 Å². The second kappa shape index (κ2) is 6.86. The largest absolute Gasteiger partial charge is 0.385 e. The standard InChI is InChI=1S/C12H24N2O2/c1-16-10-6-5-9-14-11(15)12(13)7-3-2-4-8-12/h2-10,13H2,1H3,(H,14,15). The Morgan fingerprint density at radius 3 is 2.62 bits per heavy atom. The number of nitrogens with one attached hydrogen (secondary N) is 1. The molecule has 0 atom stereocenters. The Morgan fingerprint density at radius 1 is 1.31 bits per heavy atom. The van der Waals surface area contributed by atoms with Gasteiger partial charge in [-0.05, 0) is 25.7 Å². The van der Waals surface area contributed by atoms with Gasteiger partial charge in [0, 0.05) is 20.3 Å². The zero-order valence-electron chi connectivity index (χ0n) is 10.3. The Kier molecular flexibility index (Phi) is 5.77. The fourth-order valence-corrected chi connectivity index (χ4v) is 2.16. The molecule has 4 nitrogen and oxygen atoms in total. The van der Waals surface area contributed by atoms with E-state index in [9.17, 15) is 4.79 Å². The van der Waals surface area contributed by atoms with Crippen LogP contribution in [-0.4, -0.2) is 31.7 Å². The molecule has 1 rings (SSSR count). The zero-order chi connectivity index (χ0) is 11.9. The predicted molar refractivity (Wildman–Crippen MR) is 64.1 cm³/mol. The monoisotopic (exact) mass is 228 g/mol. The van der Waals surface area contributed by atoms with E-state index in [2.05, 4.69) is 5.32 Å². The van der Waals surface area contributed by atoms with Crippen molar-refractivity contribution in [3.05, 3.63) is 0 Å². The molecule has 4 heteroatoms. The van der Waals surface area contributed by atoms with E-state index < -0.39 is 5.54 Å². The molecule has 16 heavy (non-hydrogen) atoms. The maximum Gasteiger partial charge on any atom is 0.240 e. The molecule has 0 bridgehead atoms. The lowest BCUT2D eigenvalue weighted by molar-refractivity contribution is -0.127. The minimum absolute atomic E-state index is 0.0321. The summed E-state index contributed by atoms with van der Waals surface area (Å²) in [6.45, 7) is 1.46. The highest BCUT2D eigenvalue weighted by molar-refractivity contribution is 5.86. The Hall–Kier alpha value is -0.610. The van der Waals surface area contributed by atoms with E-state index in [0.29, 0.717) is 6.54 Å². The summed E-state index contributed by atoms with van der Waals surface area (Å²) in [5, 5.41) is 2.93. The first-order valence-electron chi connectivity index (χ1n) is 6.25. The maximum absolute atomic E-state index is 11.9. The van der Waals surface area contributed by atoms with Crippen LogP contribution >= 0.6 is 0 Å². The first-order valence-corrected chi connectivity index (χ1v) is 6.25. The molecule has 1 aliphatic rings. The van der Waals surface area contributed by atoms with Gasteiger partial charge in [-0.3, -0.25) is 4.79 Å². The first kappa shape index (κ1) is 13.5. The average Bonchev–Trinajstić information content (AvgIpc) is 2.29. The molecule has 3 N–H and O–H groups in total.